The van der Waals surface area contributed by atoms with Gasteiger partial charge in [-0.05, 0) is 12.1 Å². The molecule has 1 atom stereocenters. The van der Waals surface area contributed by atoms with Crippen LogP contribution in [0.1, 0.15) is 0 Å². The zero-order valence-corrected chi connectivity index (χ0v) is 9.04. The highest BCUT2D eigenvalue weighted by Crippen LogP contribution is 2.20. The fourth-order valence-electron chi connectivity index (χ4n) is 1.51. The Balaban J connectivity index is 2.46. The third-order valence-corrected chi connectivity index (χ3v) is 2.33. The van der Waals surface area contributed by atoms with Crippen molar-refractivity contribution in [2.45, 2.75) is 0 Å². The number of quaternary nitrogens is 1. The number of nitro groups is 1. The van der Waals surface area contributed by atoms with E-state index in [2.05, 4.69) is 4.98 Å². The molecule has 7 heteroatoms. The SMILES string of the molecule is O=[N+]([O-])c1ccncc1[NH+]([O-])c1cccc(F)c1. The Bertz CT molecular complexity index is 591. The Kier molecular flexibility index (Phi) is 3.26. The van der Waals surface area contributed by atoms with Crippen LogP contribution in [0.4, 0.5) is 21.5 Å². The second-order valence-corrected chi connectivity index (χ2v) is 3.49. The van der Waals surface area contributed by atoms with E-state index in [9.17, 15) is 19.7 Å². The van der Waals surface area contributed by atoms with Gasteiger partial charge in [-0.1, -0.05) is 6.07 Å². The number of hydrogen-bond acceptors (Lipinski definition) is 4. The van der Waals surface area contributed by atoms with E-state index >= 15 is 0 Å². The van der Waals surface area contributed by atoms with E-state index in [1.54, 1.807) is 0 Å². The van der Waals surface area contributed by atoms with Crippen LogP contribution < -0.4 is 5.06 Å². The first-order valence-corrected chi connectivity index (χ1v) is 4.98. The van der Waals surface area contributed by atoms with Gasteiger partial charge in [0.25, 0.3) is 0 Å². The number of rotatable bonds is 3. The van der Waals surface area contributed by atoms with Crippen molar-refractivity contribution >= 4 is 17.1 Å². The second-order valence-electron chi connectivity index (χ2n) is 3.49. The molecule has 0 bridgehead atoms. The monoisotopic (exact) mass is 249 g/mol. The van der Waals surface area contributed by atoms with Gasteiger partial charge in [-0.15, -0.1) is 0 Å². The first-order valence-electron chi connectivity index (χ1n) is 4.98. The van der Waals surface area contributed by atoms with Gasteiger partial charge in [0.1, 0.15) is 11.5 Å². The van der Waals surface area contributed by atoms with E-state index in [4.69, 9.17) is 0 Å². The summed E-state index contributed by atoms with van der Waals surface area (Å²) in [5.74, 6) is -0.576. The molecule has 0 spiro atoms. The van der Waals surface area contributed by atoms with Crippen molar-refractivity contribution in [2.24, 2.45) is 0 Å². The molecule has 0 aliphatic heterocycles. The number of benzene rings is 1. The maximum atomic E-state index is 13.0. The lowest BCUT2D eigenvalue weighted by molar-refractivity contribution is -0.701. The summed E-state index contributed by atoms with van der Waals surface area (Å²) in [6.45, 7) is 0. The molecule has 6 nitrogen and oxygen atoms in total. The molecule has 0 amide bonds. The maximum absolute atomic E-state index is 13.0. The van der Waals surface area contributed by atoms with Crippen LogP contribution in [0.3, 0.4) is 0 Å². The van der Waals surface area contributed by atoms with Gasteiger partial charge in [0.2, 0.25) is 5.69 Å². The van der Waals surface area contributed by atoms with Gasteiger partial charge in [-0.3, -0.25) is 15.1 Å². The van der Waals surface area contributed by atoms with Crippen molar-refractivity contribution in [3.63, 3.8) is 0 Å². The Morgan fingerprint density at radius 1 is 1.33 bits per heavy atom. The number of hydrogen-bond donors (Lipinski definition) is 1. The van der Waals surface area contributed by atoms with Gasteiger partial charge >= 0.3 is 5.69 Å². The second kappa shape index (κ2) is 4.86. The lowest BCUT2D eigenvalue weighted by atomic mass is 10.2. The van der Waals surface area contributed by atoms with E-state index < -0.39 is 15.8 Å². The van der Waals surface area contributed by atoms with Gasteiger partial charge in [-0.2, -0.15) is 0 Å². The summed E-state index contributed by atoms with van der Waals surface area (Å²) < 4.78 is 13.0. The zero-order valence-electron chi connectivity index (χ0n) is 9.04. The minimum Gasteiger partial charge on any atom is -0.623 e. The van der Waals surface area contributed by atoms with Crippen LogP contribution in [0.2, 0.25) is 0 Å². The molecule has 0 saturated heterocycles. The van der Waals surface area contributed by atoms with Crippen molar-refractivity contribution in [1.29, 1.82) is 0 Å². The number of halogens is 1. The third kappa shape index (κ3) is 2.31. The molecule has 1 unspecified atom stereocenters. The van der Waals surface area contributed by atoms with Crippen molar-refractivity contribution < 1.29 is 14.4 Å². The largest absolute Gasteiger partial charge is 0.623 e. The Morgan fingerprint density at radius 3 is 2.78 bits per heavy atom. The number of aromatic nitrogens is 1. The van der Waals surface area contributed by atoms with Crippen LogP contribution in [0.25, 0.3) is 0 Å². The summed E-state index contributed by atoms with van der Waals surface area (Å²) in [7, 11) is 0. The quantitative estimate of drug-likeness (QED) is 0.659. The van der Waals surface area contributed by atoms with E-state index in [-0.39, 0.29) is 17.1 Å². The van der Waals surface area contributed by atoms with E-state index in [0.717, 1.165) is 18.3 Å². The fraction of sp³-hybridized carbons (Fsp3) is 0. The van der Waals surface area contributed by atoms with E-state index in [1.807, 2.05) is 0 Å². The molecule has 1 N–H and O–H groups in total. The highest BCUT2D eigenvalue weighted by molar-refractivity contribution is 5.51. The van der Waals surface area contributed by atoms with E-state index in [0.29, 0.717) is 0 Å². The van der Waals surface area contributed by atoms with Gasteiger partial charge in [0.05, 0.1) is 11.1 Å². The number of nitrogens with one attached hydrogen (secondary N) is 1. The standard InChI is InChI=1S/C11H8FN3O3/c12-8-2-1-3-9(6-8)14(16)11-7-13-5-4-10(11)15(17)18/h1-7,14H. The highest BCUT2D eigenvalue weighted by Gasteiger charge is 2.21. The molecule has 92 valence electrons. The molecule has 0 aliphatic carbocycles. The maximum Gasteiger partial charge on any atom is 0.333 e. The van der Waals surface area contributed by atoms with Crippen LogP contribution in [-0.4, -0.2) is 9.91 Å². The number of nitrogens with zero attached hydrogens (tertiary/aromatic N) is 2. The summed E-state index contributed by atoms with van der Waals surface area (Å²) in [5.41, 5.74) is -0.460. The lowest BCUT2D eigenvalue weighted by Gasteiger charge is -2.20. The molecule has 0 saturated carbocycles. The van der Waals surface area contributed by atoms with Crippen molar-refractivity contribution in [3.8, 4) is 0 Å². The van der Waals surface area contributed by atoms with Crippen LogP contribution in [0.5, 0.6) is 0 Å². The van der Waals surface area contributed by atoms with Crippen LogP contribution in [0, 0.1) is 21.1 Å². The molecule has 1 aromatic carbocycles. The molecule has 18 heavy (non-hydrogen) atoms. The minimum absolute atomic E-state index is 0.0473. The van der Waals surface area contributed by atoms with Gasteiger partial charge in [-0.25, -0.2) is 4.39 Å². The lowest BCUT2D eigenvalue weighted by Crippen LogP contribution is -2.96. The molecule has 1 heterocycles. The van der Waals surface area contributed by atoms with Gasteiger partial charge < -0.3 is 10.3 Å². The van der Waals surface area contributed by atoms with Crippen molar-refractivity contribution in [2.75, 3.05) is 0 Å². The Labute approximate surface area is 101 Å². The average molecular weight is 249 g/mol. The highest BCUT2D eigenvalue weighted by atomic mass is 19.1. The summed E-state index contributed by atoms with van der Waals surface area (Å²) in [6.07, 6.45) is 2.33. The molecule has 2 rings (SSSR count). The molecule has 1 aromatic heterocycles. The van der Waals surface area contributed by atoms with Crippen LogP contribution >= 0.6 is 0 Å². The summed E-state index contributed by atoms with van der Waals surface area (Å²) in [5, 5.41) is 22.2. The first-order chi connectivity index (χ1) is 8.59. The molecule has 0 radical (unpaired) electrons. The normalized spacial score (nSPS) is 12.1. The molecule has 0 fully saturated rings. The molecule has 0 aliphatic rings. The summed E-state index contributed by atoms with van der Waals surface area (Å²) >= 11 is 0. The summed E-state index contributed by atoms with van der Waals surface area (Å²) in [4.78, 5) is 13.8. The van der Waals surface area contributed by atoms with Crippen LogP contribution in [-0.2, 0) is 0 Å². The number of pyridine rings is 1. The third-order valence-electron chi connectivity index (χ3n) is 2.33. The Morgan fingerprint density at radius 2 is 2.11 bits per heavy atom. The molecular weight excluding hydrogens is 241 g/mol. The molecular formula is C11H8FN3O3. The predicted octanol–water partition coefficient (Wildman–Crippen LogP) is 1.47. The first kappa shape index (κ1) is 12.1. The van der Waals surface area contributed by atoms with Crippen molar-refractivity contribution in [1.82, 2.24) is 4.98 Å². The van der Waals surface area contributed by atoms with Gasteiger partial charge in [0, 0.05) is 18.3 Å². The minimum atomic E-state index is -0.672. The average Bonchev–Trinajstić information content (AvgIpc) is 2.38. The predicted molar refractivity (Wildman–Crippen MR) is 60.9 cm³/mol. The van der Waals surface area contributed by atoms with Gasteiger partial charge in [0.15, 0.2) is 0 Å². The summed E-state index contributed by atoms with van der Waals surface area (Å²) in [6, 6.07) is 6.10. The topological polar surface area (TPSA) is 83.5 Å². The zero-order chi connectivity index (χ0) is 13.1. The van der Waals surface area contributed by atoms with E-state index in [1.165, 1.54) is 24.4 Å². The molecule has 2 aromatic rings. The Hall–Kier alpha value is -2.38. The fourth-order valence-corrected chi connectivity index (χ4v) is 1.51. The smallest absolute Gasteiger partial charge is 0.333 e. The van der Waals surface area contributed by atoms with Crippen molar-refractivity contribution in [3.05, 3.63) is 63.9 Å². The van der Waals surface area contributed by atoms with Crippen LogP contribution in [0.15, 0.2) is 42.7 Å².